The van der Waals surface area contributed by atoms with E-state index in [1.165, 1.54) is 11.1 Å². The number of rotatable bonds is 9. The van der Waals surface area contributed by atoms with E-state index < -0.39 is 6.10 Å². The topological polar surface area (TPSA) is 88.6 Å². The first kappa shape index (κ1) is 22.5. The molecule has 0 aliphatic carbocycles. The van der Waals surface area contributed by atoms with Crippen LogP contribution in [0.5, 0.6) is 5.75 Å². The molecular formula is C23H30N2O4S. The van der Waals surface area contributed by atoms with Crippen LogP contribution in [-0.4, -0.2) is 39.7 Å². The SMILES string of the molecule is CCc1c(CC(C)C)csc1-c1nnc(-c2cc(C)c(OCC(O)CO)c(C)c2)o1. The molecule has 0 saturated carbocycles. The Balaban J connectivity index is 1.87. The van der Waals surface area contributed by atoms with Crippen LogP contribution in [0.4, 0.5) is 0 Å². The van der Waals surface area contributed by atoms with E-state index >= 15 is 0 Å². The summed E-state index contributed by atoms with van der Waals surface area (Å²) in [6.45, 7) is 10.2. The van der Waals surface area contributed by atoms with Crippen LogP contribution in [0.3, 0.4) is 0 Å². The number of aliphatic hydroxyl groups excluding tert-OH is 2. The fourth-order valence-corrected chi connectivity index (χ4v) is 4.66. The summed E-state index contributed by atoms with van der Waals surface area (Å²) in [5.74, 6) is 2.32. The molecule has 0 saturated heterocycles. The molecule has 162 valence electrons. The van der Waals surface area contributed by atoms with Gasteiger partial charge in [-0.2, -0.15) is 0 Å². The van der Waals surface area contributed by atoms with E-state index in [0.717, 1.165) is 34.4 Å². The van der Waals surface area contributed by atoms with E-state index in [1.54, 1.807) is 11.3 Å². The smallest absolute Gasteiger partial charge is 0.258 e. The summed E-state index contributed by atoms with van der Waals surface area (Å²) in [5, 5.41) is 29.3. The van der Waals surface area contributed by atoms with Crippen LogP contribution in [0.25, 0.3) is 22.2 Å². The Morgan fingerprint density at radius 3 is 2.40 bits per heavy atom. The number of nitrogens with zero attached hydrogens (tertiary/aromatic N) is 2. The molecule has 1 aromatic carbocycles. The number of aromatic nitrogens is 2. The van der Waals surface area contributed by atoms with E-state index in [2.05, 4.69) is 36.3 Å². The van der Waals surface area contributed by atoms with Crippen molar-refractivity contribution in [3.63, 3.8) is 0 Å². The van der Waals surface area contributed by atoms with Crippen molar-refractivity contribution >= 4 is 11.3 Å². The Morgan fingerprint density at radius 1 is 1.13 bits per heavy atom. The van der Waals surface area contributed by atoms with Crippen LogP contribution in [-0.2, 0) is 12.8 Å². The van der Waals surface area contributed by atoms with Gasteiger partial charge in [0, 0.05) is 5.56 Å². The molecule has 0 aliphatic heterocycles. The minimum Gasteiger partial charge on any atom is -0.490 e. The number of hydrogen-bond acceptors (Lipinski definition) is 7. The Morgan fingerprint density at radius 2 is 1.80 bits per heavy atom. The summed E-state index contributed by atoms with van der Waals surface area (Å²) in [6.07, 6.45) is 1.08. The van der Waals surface area contributed by atoms with Gasteiger partial charge < -0.3 is 19.4 Å². The molecule has 6 nitrogen and oxygen atoms in total. The second-order valence-corrected chi connectivity index (χ2v) is 8.90. The van der Waals surface area contributed by atoms with E-state index in [9.17, 15) is 5.11 Å². The van der Waals surface area contributed by atoms with E-state index in [-0.39, 0.29) is 13.2 Å². The Hall–Kier alpha value is -2.22. The highest BCUT2D eigenvalue weighted by Crippen LogP contribution is 2.36. The molecule has 2 aromatic heterocycles. The standard InChI is InChI=1S/C23H30N2O4S/c1-6-19-17(7-13(2)3)12-30-21(19)23-25-24-22(29-23)16-8-14(4)20(15(5)9-16)28-11-18(27)10-26/h8-9,12-13,18,26-27H,6-7,10-11H2,1-5H3. The maximum absolute atomic E-state index is 9.53. The second kappa shape index (κ2) is 9.73. The molecule has 30 heavy (non-hydrogen) atoms. The Labute approximate surface area is 181 Å². The number of ether oxygens (including phenoxy) is 1. The van der Waals surface area contributed by atoms with Crippen LogP contribution < -0.4 is 4.74 Å². The van der Waals surface area contributed by atoms with Gasteiger partial charge in [0.1, 0.15) is 18.5 Å². The van der Waals surface area contributed by atoms with E-state index in [0.29, 0.717) is 23.4 Å². The van der Waals surface area contributed by atoms with Crippen molar-refractivity contribution in [3.05, 3.63) is 39.8 Å². The molecule has 0 amide bonds. The summed E-state index contributed by atoms with van der Waals surface area (Å²) in [5.41, 5.74) is 5.29. The highest BCUT2D eigenvalue weighted by molar-refractivity contribution is 7.13. The third kappa shape index (κ3) is 4.91. The predicted octanol–water partition coefficient (Wildman–Crippen LogP) is 4.57. The minimum absolute atomic E-state index is 0.0408. The maximum atomic E-state index is 9.53. The van der Waals surface area contributed by atoms with Gasteiger partial charge in [-0.3, -0.25) is 0 Å². The first-order valence-corrected chi connectivity index (χ1v) is 11.2. The van der Waals surface area contributed by atoms with Crippen LogP contribution >= 0.6 is 11.3 Å². The van der Waals surface area contributed by atoms with Crippen molar-refractivity contribution in [1.82, 2.24) is 10.2 Å². The zero-order valence-corrected chi connectivity index (χ0v) is 19.0. The largest absolute Gasteiger partial charge is 0.490 e. The van der Waals surface area contributed by atoms with Gasteiger partial charge in [-0.25, -0.2) is 0 Å². The summed E-state index contributed by atoms with van der Waals surface area (Å²) >= 11 is 1.66. The molecular weight excluding hydrogens is 400 g/mol. The lowest BCUT2D eigenvalue weighted by Gasteiger charge is -2.15. The zero-order chi connectivity index (χ0) is 21.8. The van der Waals surface area contributed by atoms with Crippen molar-refractivity contribution in [2.24, 2.45) is 5.92 Å². The molecule has 1 unspecified atom stereocenters. The monoisotopic (exact) mass is 430 g/mol. The lowest BCUT2D eigenvalue weighted by Crippen LogP contribution is -2.21. The van der Waals surface area contributed by atoms with Gasteiger partial charge in [-0.1, -0.05) is 20.8 Å². The molecule has 2 heterocycles. The third-order valence-corrected chi connectivity index (χ3v) is 5.98. The quantitative estimate of drug-likeness (QED) is 0.517. The molecule has 0 fully saturated rings. The molecule has 1 atom stereocenters. The lowest BCUT2D eigenvalue weighted by atomic mass is 9.99. The summed E-state index contributed by atoms with van der Waals surface area (Å²) < 4.78 is 11.7. The maximum Gasteiger partial charge on any atom is 0.258 e. The summed E-state index contributed by atoms with van der Waals surface area (Å²) in [7, 11) is 0. The average molecular weight is 431 g/mol. The van der Waals surface area contributed by atoms with Gasteiger partial charge in [0.25, 0.3) is 5.89 Å². The summed E-state index contributed by atoms with van der Waals surface area (Å²) in [6, 6.07) is 3.87. The lowest BCUT2D eigenvalue weighted by molar-refractivity contribution is 0.0532. The van der Waals surface area contributed by atoms with Crippen molar-refractivity contribution in [2.75, 3.05) is 13.2 Å². The summed E-state index contributed by atoms with van der Waals surface area (Å²) in [4.78, 5) is 1.05. The normalized spacial score (nSPS) is 12.5. The number of aryl methyl sites for hydroxylation is 2. The predicted molar refractivity (Wildman–Crippen MR) is 119 cm³/mol. The highest BCUT2D eigenvalue weighted by atomic mass is 32.1. The number of hydrogen-bond donors (Lipinski definition) is 2. The molecule has 3 rings (SSSR count). The molecule has 0 radical (unpaired) electrons. The molecule has 3 aromatic rings. The second-order valence-electron chi connectivity index (χ2n) is 8.02. The number of aliphatic hydroxyl groups is 2. The van der Waals surface area contributed by atoms with Crippen LogP contribution in [0.15, 0.2) is 21.9 Å². The van der Waals surface area contributed by atoms with Gasteiger partial charge >= 0.3 is 0 Å². The van der Waals surface area contributed by atoms with Crippen LogP contribution in [0.1, 0.15) is 43.0 Å². The van der Waals surface area contributed by atoms with Crippen molar-refractivity contribution < 1.29 is 19.4 Å². The minimum atomic E-state index is -0.902. The van der Waals surface area contributed by atoms with Crippen molar-refractivity contribution in [3.8, 4) is 28.0 Å². The molecule has 0 bridgehead atoms. The Kier molecular flexibility index (Phi) is 7.28. The fraction of sp³-hybridized carbons (Fsp3) is 0.478. The van der Waals surface area contributed by atoms with Crippen LogP contribution in [0, 0.1) is 19.8 Å². The first-order chi connectivity index (χ1) is 14.3. The highest BCUT2D eigenvalue weighted by Gasteiger charge is 2.19. The number of benzene rings is 1. The van der Waals surface area contributed by atoms with Gasteiger partial charge in [-0.15, -0.1) is 21.5 Å². The van der Waals surface area contributed by atoms with Gasteiger partial charge in [0.2, 0.25) is 5.89 Å². The molecule has 0 spiro atoms. The molecule has 0 aliphatic rings. The van der Waals surface area contributed by atoms with Crippen molar-refractivity contribution in [1.29, 1.82) is 0 Å². The van der Waals surface area contributed by atoms with Gasteiger partial charge in [0.05, 0.1) is 11.5 Å². The molecule has 2 N–H and O–H groups in total. The van der Waals surface area contributed by atoms with Gasteiger partial charge in [0.15, 0.2) is 0 Å². The fourth-order valence-electron chi connectivity index (χ4n) is 3.56. The van der Waals surface area contributed by atoms with Crippen molar-refractivity contribution in [2.45, 2.75) is 53.6 Å². The van der Waals surface area contributed by atoms with Gasteiger partial charge in [-0.05, 0) is 72.4 Å². The average Bonchev–Trinajstić information content (AvgIpc) is 3.33. The van der Waals surface area contributed by atoms with E-state index in [1.807, 2.05) is 26.0 Å². The Bertz CT molecular complexity index is 970. The molecule has 7 heteroatoms. The zero-order valence-electron chi connectivity index (χ0n) is 18.2. The third-order valence-electron chi connectivity index (χ3n) is 4.92. The van der Waals surface area contributed by atoms with Crippen LogP contribution in [0.2, 0.25) is 0 Å². The number of thiophene rings is 1. The first-order valence-electron chi connectivity index (χ1n) is 10.3. The van der Waals surface area contributed by atoms with E-state index in [4.69, 9.17) is 14.3 Å².